The lowest BCUT2D eigenvalue weighted by atomic mass is 10.5. The van der Waals surface area contributed by atoms with Crippen molar-refractivity contribution in [3.05, 3.63) is 54.3 Å². The van der Waals surface area contributed by atoms with Crippen LogP contribution in [0.2, 0.25) is 0 Å². The van der Waals surface area contributed by atoms with E-state index in [0.717, 1.165) is 9.13 Å². The summed E-state index contributed by atoms with van der Waals surface area (Å²) in [5.74, 6) is 0. The van der Waals surface area contributed by atoms with Crippen LogP contribution in [0.25, 0.3) is 22.3 Å². The Morgan fingerprint density at radius 2 is 1.11 bits per heavy atom. The second-order valence-electron chi connectivity index (χ2n) is 7.77. The van der Waals surface area contributed by atoms with Gasteiger partial charge in [0.15, 0.2) is 22.3 Å². The summed E-state index contributed by atoms with van der Waals surface area (Å²) in [6.45, 7) is -0.591. The summed E-state index contributed by atoms with van der Waals surface area (Å²) in [5.41, 5.74) is -1.51. The van der Waals surface area contributed by atoms with E-state index in [4.69, 9.17) is 9.05 Å². The van der Waals surface area contributed by atoms with Gasteiger partial charge in [-0.15, -0.1) is 0 Å². The highest BCUT2D eigenvalue weighted by molar-refractivity contribution is 7.47. The standard InChI is InChI=1S/C18H23N8O8P/c1-21-13-11(15(27)23(3)17(21)29)25(9-19-13)5-7-33-35(31,32)34-8-6-26-10-20-14-12(26)16(28)24(4)18(30)22(14)2/h9-10H,5-8H2,1-4H3,(H,31,32). The van der Waals surface area contributed by atoms with Gasteiger partial charge >= 0.3 is 19.2 Å². The highest BCUT2D eigenvalue weighted by Crippen LogP contribution is 2.43. The number of aryl methyl sites for hydroxylation is 2. The van der Waals surface area contributed by atoms with E-state index < -0.39 is 30.3 Å². The second-order valence-corrected chi connectivity index (χ2v) is 9.22. The molecule has 4 aromatic rings. The molecule has 4 rings (SSSR count). The van der Waals surface area contributed by atoms with E-state index >= 15 is 0 Å². The van der Waals surface area contributed by atoms with Gasteiger partial charge in [-0.1, -0.05) is 0 Å². The molecule has 0 spiro atoms. The van der Waals surface area contributed by atoms with Crippen LogP contribution in [-0.4, -0.2) is 55.5 Å². The van der Waals surface area contributed by atoms with Crippen molar-refractivity contribution >= 4 is 30.2 Å². The maximum Gasteiger partial charge on any atom is 0.472 e. The third-order valence-corrected chi connectivity index (χ3v) is 6.63. The quantitative estimate of drug-likeness (QED) is 0.261. The largest absolute Gasteiger partial charge is 0.472 e. The lowest BCUT2D eigenvalue weighted by Crippen LogP contribution is -2.37. The van der Waals surface area contributed by atoms with E-state index in [0.29, 0.717) is 0 Å². The Morgan fingerprint density at radius 3 is 1.49 bits per heavy atom. The Morgan fingerprint density at radius 1 is 0.743 bits per heavy atom. The zero-order valence-corrected chi connectivity index (χ0v) is 20.2. The molecule has 0 radical (unpaired) electrons. The minimum absolute atomic E-state index is 0.00587. The van der Waals surface area contributed by atoms with Gasteiger partial charge in [0, 0.05) is 41.3 Å². The number of aromatic nitrogens is 8. The molecular formula is C18H23N8O8P. The molecule has 35 heavy (non-hydrogen) atoms. The maximum atomic E-state index is 12.4. The zero-order valence-electron chi connectivity index (χ0n) is 19.3. The van der Waals surface area contributed by atoms with Crippen LogP contribution in [0.15, 0.2) is 31.8 Å². The van der Waals surface area contributed by atoms with Crippen LogP contribution in [0, 0.1) is 0 Å². The molecule has 0 aliphatic rings. The van der Waals surface area contributed by atoms with E-state index in [-0.39, 0.29) is 48.6 Å². The molecule has 0 aliphatic carbocycles. The lowest BCUT2D eigenvalue weighted by Gasteiger charge is -2.13. The monoisotopic (exact) mass is 510 g/mol. The van der Waals surface area contributed by atoms with Gasteiger partial charge in [0.05, 0.1) is 25.9 Å². The summed E-state index contributed by atoms with van der Waals surface area (Å²) >= 11 is 0. The van der Waals surface area contributed by atoms with Crippen molar-refractivity contribution in [3.63, 3.8) is 0 Å². The van der Waals surface area contributed by atoms with Crippen molar-refractivity contribution in [1.29, 1.82) is 0 Å². The lowest BCUT2D eigenvalue weighted by molar-refractivity contribution is 0.142. The van der Waals surface area contributed by atoms with Crippen molar-refractivity contribution in [3.8, 4) is 0 Å². The Kier molecular flexibility index (Phi) is 6.23. The third-order valence-electron chi connectivity index (χ3n) is 5.61. The van der Waals surface area contributed by atoms with Crippen molar-refractivity contribution in [2.45, 2.75) is 13.1 Å². The van der Waals surface area contributed by atoms with Crippen molar-refractivity contribution < 1.29 is 18.5 Å². The predicted molar refractivity (Wildman–Crippen MR) is 122 cm³/mol. The van der Waals surface area contributed by atoms with Crippen LogP contribution in [0.1, 0.15) is 0 Å². The topological polar surface area (TPSA) is 179 Å². The Hall–Kier alpha value is -3.59. The number of hydrogen-bond acceptors (Lipinski definition) is 9. The predicted octanol–water partition coefficient (Wildman–Crippen LogP) is -1.99. The van der Waals surface area contributed by atoms with Gasteiger partial charge < -0.3 is 14.0 Å². The minimum Gasteiger partial charge on any atom is -0.322 e. The first-order valence-corrected chi connectivity index (χ1v) is 11.8. The average Bonchev–Trinajstić information content (AvgIpc) is 3.43. The summed E-state index contributed by atoms with van der Waals surface area (Å²) < 4.78 is 29.4. The first kappa shape index (κ1) is 24.5. The van der Waals surface area contributed by atoms with Crippen molar-refractivity contribution in [2.75, 3.05) is 13.2 Å². The summed E-state index contributed by atoms with van der Waals surface area (Å²) in [7, 11) is 1.17. The highest BCUT2D eigenvalue weighted by atomic mass is 31.2. The molecule has 0 atom stereocenters. The highest BCUT2D eigenvalue weighted by Gasteiger charge is 2.22. The average molecular weight is 510 g/mol. The fourth-order valence-corrected chi connectivity index (χ4v) is 4.38. The zero-order chi connectivity index (χ0) is 25.7. The molecule has 4 heterocycles. The van der Waals surface area contributed by atoms with E-state index in [1.54, 1.807) is 0 Å². The van der Waals surface area contributed by atoms with Gasteiger partial charge in [0.1, 0.15) is 0 Å². The molecule has 0 aliphatic heterocycles. The molecule has 4 aromatic heterocycles. The smallest absolute Gasteiger partial charge is 0.322 e. The number of rotatable bonds is 8. The summed E-state index contributed by atoms with van der Waals surface area (Å²) in [6.07, 6.45) is 2.66. The minimum atomic E-state index is -4.47. The summed E-state index contributed by atoms with van der Waals surface area (Å²) in [5, 5.41) is 0. The van der Waals surface area contributed by atoms with Crippen molar-refractivity contribution in [2.24, 2.45) is 28.2 Å². The van der Waals surface area contributed by atoms with E-state index in [9.17, 15) is 28.6 Å². The Balaban J connectivity index is 1.41. The first-order chi connectivity index (χ1) is 16.4. The number of hydrogen-bond donors (Lipinski definition) is 1. The summed E-state index contributed by atoms with van der Waals surface area (Å²) in [6, 6.07) is 0. The third kappa shape index (κ3) is 4.20. The molecule has 0 aromatic carbocycles. The number of phosphoric acid groups is 1. The van der Waals surface area contributed by atoms with Crippen LogP contribution in [0.4, 0.5) is 0 Å². The fraction of sp³-hybridized carbons (Fsp3) is 0.444. The fourth-order valence-electron chi connectivity index (χ4n) is 3.68. The van der Waals surface area contributed by atoms with Crippen LogP contribution in [0.3, 0.4) is 0 Å². The molecule has 0 fully saturated rings. The van der Waals surface area contributed by atoms with Crippen LogP contribution in [-0.2, 0) is 54.9 Å². The Bertz CT molecular complexity index is 1610. The maximum absolute atomic E-state index is 12.4. The molecule has 16 nitrogen and oxygen atoms in total. The van der Waals surface area contributed by atoms with Crippen LogP contribution < -0.4 is 22.5 Å². The Labute approximate surface area is 195 Å². The van der Waals surface area contributed by atoms with Gasteiger partial charge in [-0.2, -0.15) is 0 Å². The van der Waals surface area contributed by atoms with Gasteiger partial charge in [-0.25, -0.2) is 24.1 Å². The van der Waals surface area contributed by atoms with Gasteiger partial charge in [0.2, 0.25) is 0 Å². The molecule has 0 amide bonds. The molecular weight excluding hydrogens is 487 g/mol. The molecule has 0 unspecified atom stereocenters. The van der Waals surface area contributed by atoms with Crippen molar-refractivity contribution in [1.82, 2.24) is 37.4 Å². The van der Waals surface area contributed by atoms with E-state index in [1.807, 2.05) is 0 Å². The van der Waals surface area contributed by atoms with Gasteiger partial charge in [0.25, 0.3) is 11.1 Å². The van der Waals surface area contributed by atoms with E-state index in [1.165, 1.54) is 59.1 Å². The second kappa shape index (κ2) is 8.88. The SMILES string of the molecule is Cn1c(=O)c2c(ncn2CCOP(=O)(O)OCCn2cnc3c2c(=O)n(C)c(=O)n3C)n(C)c1=O. The number of imidazole rings is 2. The summed E-state index contributed by atoms with van der Waals surface area (Å²) in [4.78, 5) is 67.0. The molecule has 0 bridgehead atoms. The normalized spacial score (nSPS) is 12.3. The number of fused-ring (bicyclic) bond motifs is 2. The van der Waals surface area contributed by atoms with E-state index in [2.05, 4.69) is 9.97 Å². The van der Waals surface area contributed by atoms with Crippen LogP contribution in [0.5, 0.6) is 0 Å². The number of phosphoric ester groups is 1. The first-order valence-electron chi connectivity index (χ1n) is 10.3. The molecule has 17 heteroatoms. The molecule has 0 saturated heterocycles. The molecule has 1 N–H and O–H groups in total. The van der Waals surface area contributed by atoms with Crippen LogP contribution >= 0.6 is 7.82 Å². The van der Waals surface area contributed by atoms with Gasteiger partial charge in [-0.3, -0.25) is 36.9 Å². The van der Waals surface area contributed by atoms with Gasteiger partial charge in [-0.05, 0) is 0 Å². The number of nitrogens with zero attached hydrogens (tertiary/aromatic N) is 8. The molecule has 188 valence electrons. The molecule has 0 saturated carbocycles.